The second-order valence-corrected chi connectivity index (χ2v) is 7.90. The largest absolute Gasteiger partial charge is 0.338 e. The number of thiazole rings is 1. The van der Waals surface area contributed by atoms with E-state index >= 15 is 0 Å². The van der Waals surface area contributed by atoms with Crippen molar-refractivity contribution in [1.82, 2.24) is 9.88 Å². The molecule has 1 atom stereocenters. The van der Waals surface area contributed by atoms with Gasteiger partial charge in [0.2, 0.25) is 5.91 Å². The summed E-state index contributed by atoms with van der Waals surface area (Å²) < 4.78 is 13.1. The number of likely N-dealkylation sites (tertiary alicyclic amines) is 1. The lowest BCUT2D eigenvalue weighted by atomic mass is 9.96. The Morgan fingerprint density at radius 2 is 1.86 bits per heavy atom. The zero-order chi connectivity index (χ0) is 20.2. The predicted octanol–water partition coefficient (Wildman–Crippen LogP) is 4.44. The molecule has 2 amide bonds. The zero-order valence-electron chi connectivity index (χ0n) is 15.7. The molecule has 1 N–H and O–H groups in total. The molecule has 3 aromatic rings. The maximum absolute atomic E-state index is 13.1. The van der Waals surface area contributed by atoms with E-state index in [-0.39, 0.29) is 23.5 Å². The lowest BCUT2D eigenvalue weighted by Gasteiger charge is -2.32. The Bertz CT molecular complexity index is 988. The molecule has 5 nitrogen and oxygen atoms in total. The molecular formula is C22H20FN3O2S. The van der Waals surface area contributed by atoms with Crippen molar-refractivity contribution in [2.45, 2.75) is 12.8 Å². The first-order chi connectivity index (χ1) is 14.1. The number of benzene rings is 2. The fourth-order valence-corrected chi connectivity index (χ4v) is 4.10. The van der Waals surface area contributed by atoms with Crippen molar-refractivity contribution < 1.29 is 14.0 Å². The Morgan fingerprint density at radius 1 is 1.10 bits per heavy atom. The second kappa shape index (κ2) is 8.53. The molecule has 0 radical (unpaired) electrons. The number of carbonyl (C=O) groups excluding carboxylic acids is 2. The molecule has 148 valence electrons. The molecule has 1 unspecified atom stereocenters. The first-order valence-electron chi connectivity index (χ1n) is 9.46. The van der Waals surface area contributed by atoms with Crippen LogP contribution in [0.4, 0.5) is 10.1 Å². The summed E-state index contributed by atoms with van der Waals surface area (Å²) in [5.41, 5.74) is 2.16. The number of piperidine rings is 1. The minimum absolute atomic E-state index is 0.0939. The van der Waals surface area contributed by atoms with Crippen molar-refractivity contribution in [3.05, 3.63) is 71.5 Å². The van der Waals surface area contributed by atoms with Crippen LogP contribution >= 0.6 is 11.3 Å². The molecule has 2 heterocycles. The standard InChI is InChI=1S/C22H20FN3O2S/c23-18-7-3-16(4-8-18)22(28)26-12-1-2-17(14-26)20(27)25-19-9-5-15(6-10-19)21-24-11-13-29-21/h3-11,13,17H,1-2,12,14H2,(H,25,27). The maximum atomic E-state index is 13.1. The van der Waals surface area contributed by atoms with Gasteiger partial charge in [-0.3, -0.25) is 9.59 Å². The van der Waals surface area contributed by atoms with Crippen molar-refractivity contribution in [1.29, 1.82) is 0 Å². The van der Waals surface area contributed by atoms with Gasteiger partial charge in [0.15, 0.2) is 0 Å². The van der Waals surface area contributed by atoms with Crippen molar-refractivity contribution in [3.63, 3.8) is 0 Å². The van der Waals surface area contributed by atoms with Crippen LogP contribution in [0, 0.1) is 11.7 Å². The van der Waals surface area contributed by atoms with Gasteiger partial charge in [0.05, 0.1) is 5.92 Å². The van der Waals surface area contributed by atoms with E-state index in [0.29, 0.717) is 18.7 Å². The predicted molar refractivity (Wildman–Crippen MR) is 111 cm³/mol. The second-order valence-electron chi connectivity index (χ2n) is 7.00. The number of amides is 2. The molecule has 4 rings (SSSR count). The van der Waals surface area contributed by atoms with E-state index in [1.165, 1.54) is 24.3 Å². The van der Waals surface area contributed by atoms with Crippen molar-refractivity contribution in [3.8, 4) is 10.6 Å². The summed E-state index contributed by atoms with van der Waals surface area (Å²) in [6.07, 6.45) is 3.25. The number of aromatic nitrogens is 1. The topological polar surface area (TPSA) is 62.3 Å². The summed E-state index contributed by atoms with van der Waals surface area (Å²) in [4.78, 5) is 31.3. The summed E-state index contributed by atoms with van der Waals surface area (Å²) in [5.74, 6) is -0.913. The monoisotopic (exact) mass is 409 g/mol. The van der Waals surface area contributed by atoms with Gasteiger partial charge in [-0.2, -0.15) is 0 Å². The van der Waals surface area contributed by atoms with Crippen LogP contribution < -0.4 is 5.32 Å². The molecule has 0 bridgehead atoms. The van der Waals surface area contributed by atoms with Gasteiger partial charge < -0.3 is 10.2 Å². The minimum Gasteiger partial charge on any atom is -0.338 e. The third kappa shape index (κ3) is 4.51. The highest BCUT2D eigenvalue weighted by atomic mass is 32.1. The maximum Gasteiger partial charge on any atom is 0.253 e. The van der Waals surface area contributed by atoms with Gasteiger partial charge in [0.25, 0.3) is 5.91 Å². The molecule has 29 heavy (non-hydrogen) atoms. The highest BCUT2D eigenvalue weighted by Gasteiger charge is 2.29. The van der Waals surface area contributed by atoms with Gasteiger partial charge in [-0.25, -0.2) is 9.37 Å². The number of nitrogens with zero attached hydrogens (tertiary/aromatic N) is 2. The van der Waals surface area contributed by atoms with E-state index in [2.05, 4.69) is 10.3 Å². The molecule has 0 saturated carbocycles. The average Bonchev–Trinajstić information content (AvgIpc) is 3.29. The molecule has 7 heteroatoms. The highest BCUT2D eigenvalue weighted by Crippen LogP contribution is 2.24. The number of halogens is 1. The Kier molecular flexibility index (Phi) is 5.67. The smallest absolute Gasteiger partial charge is 0.253 e. The molecule has 1 saturated heterocycles. The SMILES string of the molecule is O=C(Nc1ccc(-c2nccs2)cc1)C1CCCN(C(=O)c2ccc(F)cc2)C1. The van der Waals surface area contributed by atoms with E-state index in [9.17, 15) is 14.0 Å². The first kappa shape index (κ1) is 19.3. The van der Waals surface area contributed by atoms with Gasteiger partial charge in [-0.15, -0.1) is 11.3 Å². The number of anilines is 1. The Morgan fingerprint density at radius 3 is 2.55 bits per heavy atom. The van der Waals surface area contributed by atoms with Crippen LogP contribution in [0.3, 0.4) is 0 Å². The van der Waals surface area contributed by atoms with Gasteiger partial charge in [0.1, 0.15) is 10.8 Å². The minimum atomic E-state index is -0.377. The van der Waals surface area contributed by atoms with E-state index in [0.717, 1.165) is 29.1 Å². The Balaban J connectivity index is 1.38. The highest BCUT2D eigenvalue weighted by molar-refractivity contribution is 7.13. The van der Waals surface area contributed by atoms with Crippen LogP contribution in [0.1, 0.15) is 23.2 Å². The van der Waals surface area contributed by atoms with Gasteiger partial charge >= 0.3 is 0 Å². The average molecular weight is 409 g/mol. The molecule has 1 fully saturated rings. The molecule has 1 aliphatic heterocycles. The van der Waals surface area contributed by atoms with Crippen LogP contribution in [0.5, 0.6) is 0 Å². The number of rotatable bonds is 4. The number of nitrogens with one attached hydrogen (secondary N) is 1. The number of hydrogen-bond acceptors (Lipinski definition) is 4. The Labute approximate surface area is 172 Å². The lowest BCUT2D eigenvalue weighted by Crippen LogP contribution is -2.43. The third-order valence-electron chi connectivity index (χ3n) is 5.00. The summed E-state index contributed by atoms with van der Waals surface area (Å²) in [7, 11) is 0. The van der Waals surface area contributed by atoms with Gasteiger partial charge in [0, 0.05) is 41.5 Å². The molecular weight excluding hydrogens is 389 g/mol. The molecule has 0 spiro atoms. The molecule has 1 aromatic heterocycles. The normalized spacial score (nSPS) is 16.4. The summed E-state index contributed by atoms with van der Waals surface area (Å²) >= 11 is 1.56. The molecule has 2 aromatic carbocycles. The number of hydrogen-bond donors (Lipinski definition) is 1. The quantitative estimate of drug-likeness (QED) is 0.693. The van der Waals surface area contributed by atoms with E-state index in [4.69, 9.17) is 0 Å². The van der Waals surface area contributed by atoms with E-state index < -0.39 is 0 Å². The van der Waals surface area contributed by atoms with Crippen LogP contribution in [0.25, 0.3) is 10.6 Å². The van der Waals surface area contributed by atoms with E-state index in [1.54, 1.807) is 22.4 Å². The van der Waals surface area contributed by atoms with Crippen molar-refractivity contribution >= 4 is 28.8 Å². The van der Waals surface area contributed by atoms with Crippen LogP contribution in [0.2, 0.25) is 0 Å². The van der Waals surface area contributed by atoms with Crippen molar-refractivity contribution in [2.75, 3.05) is 18.4 Å². The zero-order valence-corrected chi connectivity index (χ0v) is 16.5. The van der Waals surface area contributed by atoms with E-state index in [1.807, 2.05) is 29.6 Å². The summed E-state index contributed by atoms with van der Waals surface area (Å²) in [5, 5.41) is 5.81. The molecule has 1 aliphatic rings. The summed E-state index contributed by atoms with van der Waals surface area (Å²) in [6, 6.07) is 13.1. The van der Waals surface area contributed by atoms with Crippen molar-refractivity contribution in [2.24, 2.45) is 5.92 Å². The Hall–Kier alpha value is -3.06. The lowest BCUT2D eigenvalue weighted by molar-refractivity contribution is -0.121. The molecule has 0 aliphatic carbocycles. The van der Waals surface area contributed by atoms with Crippen LogP contribution in [-0.4, -0.2) is 34.8 Å². The fourth-order valence-electron chi connectivity index (χ4n) is 3.46. The van der Waals surface area contributed by atoms with Gasteiger partial charge in [-0.05, 0) is 61.4 Å². The van der Waals surface area contributed by atoms with Crippen LogP contribution in [-0.2, 0) is 4.79 Å². The number of carbonyl (C=O) groups is 2. The summed E-state index contributed by atoms with van der Waals surface area (Å²) in [6.45, 7) is 0.960. The first-order valence-corrected chi connectivity index (χ1v) is 10.3. The van der Waals surface area contributed by atoms with Crippen LogP contribution in [0.15, 0.2) is 60.1 Å². The fraction of sp³-hybridized carbons (Fsp3) is 0.227. The van der Waals surface area contributed by atoms with Gasteiger partial charge in [-0.1, -0.05) is 0 Å². The third-order valence-corrected chi connectivity index (χ3v) is 5.82.